The van der Waals surface area contributed by atoms with Crippen LogP contribution < -0.4 is 0 Å². The predicted molar refractivity (Wildman–Crippen MR) is 69.4 cm³/mol. The van der Waals surface area contributed by atoms with Crippen LogP contribution in [0.1, 0.15) is 16.7 Å². The van der Waals surface area contributed by atoms with Crippen LogP contribution in [0.25, 0.3) is 10.8 Å². The molecule has 0 saturated carbocycles. The fraction of sp³-hybridized carbons (Fsp3) is 0.333. The van der Waals surface area contributed by atoms with Gasteiger partial charge in [0.1, 0.15) is 13.1 Å². The highest BCUT2D eigenvalue weighted by Gasteiger charge is 2.30. The van der Waals surface area contributed by atoms with Gasteiger partial charge in [0.25, 0.3) is 0 Å². The van der Waals surface area contributed by atoms with Crippen LogP contribution in [-0.4, -0.2) is 23.7 Å². The van der Waals surface area contributed by atoms with E-state index in [1.54, 1.807) is 0 Å². The first-order valence-electron chi connectivity index (χ1n) is 6.06. The minimum absolute atomic E-state index is 0.143. The van der Waals surface area contributed by atoms with E-state index in [-0.39, 0.29) is 6.61 Å². The summed E-state index contributed by atoms with van der Waals surface area (Å²) < 4.78 is 0.985. The number of hydrogen-bond donors (Lipinski definition) is 1. The zero-order chi connectivity index (χ0) is 12.0. The van der Waals surface area contributed by atoms with Crippen molar-refractivity contribution in [1.29, 1.82) is 0 Å². The van der Waals surface area contributed by atoms with Gasteiger partial charge in [-0.05, 0) is 22.4 Å². The summed E-state index contributed by atoms with van der Waals surface area (Å²) in [7, 11) is 4.48. The number of hydrogen-bond acceptors (Lipinski definition) is 1. The van der Waals surface area contributed by atoms with Crippen molar-refractivity contribution < 1.29 is 9.59 Å². The van der Waals surface area contributed by atoms with Gasteiger partial charge in [-0.25, -0.2) is 0 Å². The van der Waals surface area contributed by atoms with Crippen molar-refractivity contribution in [1.82, 2.24) is 0 Å². The van der Waals surface area contributed by atoms with Gasteiger partial charge in [0.15, 0.2) is 0 Å². The highest BCUT2D eigenvalue weighted by Crippen LogP contribution is 2.34. The van der Waals surface area contributed by atoms with Crippen molar-refractivity contribution >= 4 is 10.8 Å². The summed E-state index contributed by atoms with van der Waals surface area (Å²) in [6.07, 6.45) is 0. The summed E-state index contributed by atoms with van der Waals surface area (Å²) >= 11 is 0. The summed E-state index contributed by atoms with van der Waals surface area (Å²) in [4.78, 5) is 0. The topological polar surface area (TPSA) is 20.2 Å². The molecule has 2 aromatic rings. The van der Waals surface area contributed by atoms with Crippen molar-refractivity contribution in [2.24, 2.45) is 0 Å². The third-order valence-corrected chi connectivity index (χ3v) is 3.71. The molecular formula is C15H18NO+. The van der Waals surface area contributed by atoms with Gasteiger partial charge in [0.2, 0.25) is 0 Å². The maximum absolute atomic E-state index is 9.66. The highest BCUT2D eigenvalue weighted by atomic mass is 16.3. The Hall–Kier alpha value is -1.38. The molecule has 1 aliphatic rings. The molecule has 2 heteroatoms. The Morgan fingerprint density at radius 1 is 1.18 bits per heavy atom. The standard InChI is InChI=1S/C15H18NO/c1-16(2)8-12-7-11-5-3-4-6-13(11)15(10-17)14(12)9-16/h3-7,17H,8-10H2,1-2H3/q+1. The molecule has 0 radical (unpaired) electrons. The van der Waals surface area contributed by atoms with Gasteiger partial charge < -0.3 is 9.59 Å². The SMILES string of the molecule is C[N+]1(C)Cc2cc3ccccc3c(CO)c2C1. The predicted octanol–water partition coefficient (Wildman–Crippen LogP) is 2.42. The molecular weight excluding hydrogens is 210 g/mol. The first-order valence-corrected chi connectivity index (χ1v) is 6.06. The third-order valence-electron chi connectivity index (χ3n) is 3.71. The van der Waals surface area contributed by atoms with E-state index in [9.17, 15) is 5.11 Å². The van der Waals surface area contributed by atoms with E-state index in [4.69, 9.17) is 0 Å². The number of benzene rings is 2. The average Bonchev–Trinajstić information content (AvgIpc) is 2.59. The van der Waals surface area contributed by atoms with Crippen molar-refractivity contribution in [2.75, 3.05) is 14.1 Å². The Morgan fingerprint density at radius 2 is 1.94 bits per heavy atom. The molecule has 0 spiro atoms. The number of quaternary nitrogens is 1. The molecule has 2 aromatic carbocycles. The summed E-state index contributed by atoms with van der Waals surface area (Å²) in [6.45, 7) is 2.23. The molecule has 1 N–H and O–H groups in total. The minimum atomic E-state index is 0.143. The molecule has 0 bridgehead atoms. The zero-order valence-corrected chi connectivity index (χ0v) is 10.4. The number of nitrogens with zero attached hydrogens (tertiary/aromatic N) is 1. The van der Waals surface area contributed by atoms with Crippen LogP contribution in [0.4, 0.5) is 0 Å². The fourth-order valence-electron chi connectivity index (χ4n) is 2.99. The van der Waals surface area contributed by atoms with Crippen LogP contribution in [0.2, 0.25) is 0 Å². The van der Waals surface area contributed by atoms with Crippen molar-refractivity contribution in [3.05, 3.63) is 47.0 Å². The second-order valence-electron chi connectivity index (χ2n) is 5.62. The van der Waals surface area contributed by atoms with Gasteiger partial charge in [0.05, 0.1) is 20.7 Å². The average molecular weight is 228 g/mol. The Bertz CT molecular complexity index is 587. The first-order chi connectivity index (χ1) is 8.11. The molecule has 0 unspecified atom stereocenters. The van der Waals surface area contributed by atoms with E-state index in [0.29, 0.717) is 0 Å². The smallest absolute Gasteiger partial charge is 0.105 e. The highest BCUT2D eigenvalue weighted by molar-refractivity contribution is 5.87. The summed E-state index contributed by atoms with van der Waals surface area (Å²) in [5, 5.41) is 12.1. The lowest BCUT2D eigenvalue weighted by molar-refractivity contribution is -0.910. The molecule has 17 heavy (non-hydrogen) atoms. The van der Waals surface area contributed by atoms with Crippen molar-refractivity contribution in [3.63, 3.8) is 0 Å². The van der Waals surface area contributed by atoms with Crippen LogP contribution in [0.15, 0.2) is 30.3 Å². The van der Waals surface area contributed by atoms with Gasteiger partial charge in [-0.15, -0.1) is 0 Å². The lowest BCUT2D eigenvalue weighted by Crippen LogP contribution is -2.32. The fourth-order valence-corrected chi connectivity index (χ4v) is 2.99. The van der Waals surface area contributed by atoms with Crippen LogP contribution in [0.5, 0.6) is 0 Å². The van der Waals surface area contributed by atoms with Gasteiger partial charge in [-0.2, -0.15) is 0 Å². The van der Waals surface area contributed by atoms with E-state index in [1.807, 2.05) is 6.07 Å². The van der Waals surface area contributed by atoms with E-state index >= 15 is 0 Å². The van der Waals surface area contributed by atoms with Crippen molar-refractivity contribution in [3.8, 4) is 0 Å². The summed E-state index contributed by atoms with van der Waals surface area (Å²) in [5.74, 6) is 0. The maximum Gasteiger partial charge on any atom is 0.105 e. The molecule has 0 atom stereocenters. The summed E-state index contributed by atoms with van der Waals surface area (Å²) in [5.41, 5.74) is 3.88. The van der Waals surface area contributed by atoms with Crippen LogP contribution in [0.3, 0.4) is 0 Å². The molecule has 0 saturated heterocycles. The Balaban J connectivity index is 2.32. The molecule has 0 aromatic heterocycles. The second kappa shape index (κ2) is 3.56. The maximum atomic E-state index is 9.66. The molecule has 3 rings (SSSR count). The second-order valence-corrected chi connectivity index (χ2v) is 5.62. The normalized spacial score (nSPS) is 17.4. The van der Waals surface area contributed by atoms with Gasteiger partial charge >= 0.3 is 0 Å². The van der Waals surface area contributed by atoms with Crippen molar-refractivity contribution in [2.45, 2.75) is 19.7 Å². The van der Waals surface area contributed by atoms with Crippen LogP contribution in [-0.2, 0) is 19.7 Å². The molecule has 1 aliphatic heterocycles. The number of fused-ring (bicyclic) bond motifs is 2. The Morgan fingerprint density at radius 3 is 2.71 bits per heavy atom. The monoisotopic (exact) mass is 228 g/mol. The quantitative estimate of drug-likeness (QED) is 0.743. The third kappa shape index (κ3) is 1.65. The van der Waals surface area contributed by atoms with E-state index < -0.39 is 0 Å². The molecule has 1 heterocycles. The summed E-state index contributed by atoms with van der Waals surface area (Å²) in [6, 6.07) is 10.6. The van der Waals surface area contributed by atoms with Gasteiger partial charge in [0, 0.05) is 11.1 Å². The molecule has 2 nitrogen and oxygen atoms in total. The Kier molecular flexibility index (Phi) is 2.25. The zero-order valence-electron chi connectivity index (χ0n) is 10.4. The lowest BCUT2D eigenvalue weighted by atomic mass is 9.96. The number of aliphatic hydroxyl groups is 1. The molecule has 0 amide bonds. The minimum Gasteiger partial charge on any atom is -0.392 e. The van der Waals surface area contributed by atoms with E-state index in [1.165, 1.54) is 21.9 Å². The van der Waals surface area contributed by atoms with E-state index in [0.717, 1.165) is 23.1 Å². The molecule has 0 aliphatic carbocycles. The lowest BCUT2D eigenvalue weighted by Gasteiger charge is -2.22. The van der Waals surface area contributed by atoms with Gasteiger partial charge in [-0.3, -0.25) is 0 Å². The number of rotatable bonds is 1. The molecule has 88 valence electrons. The Labute approximate surface area is 102 Å². The van der Waals surface area contributed by atoms with Crippen LogP contribution in [0, 0.1) is 0 Å². The molecule has 0 fully saturated rings. The first kappa shape index (κ1) is 10.8. The van der Waals surface area contributed by atoms with Gasteiger partial charge in [-0.1, -0.05) is 24.3 Å². The number of aliphatic hydroxyl groups excluding tert-OH is 1. The largest absolute Gasteiger partial charge is 0.392 e. The van der Waals surface area contributed by atoms with Crippen LogP contribution >= 0.6 is 0 Å². The van der Waals surface area contributed by atoms with E-state index in [2.05, 4.69) is 38.4 Å².